The van der Waals surface area contributed by atoms with Gasteiger partial charge in [-0.15, -0.1) is 11.3 Å². The van der Waals surface area contributed by atoms with Crippen LogP contribution < -0.4 is 10.1 Å². The molecule has 2 amide bonds. The molecule has 0 aliphatic carbocycles. The Morgan fingerprint density at radius 1 is 1.33 bits per heavy atom. The first-order chi connectivity index (χ1) is 14.5. The minimum atomic E-state index is -0.268. The molecule has 7 nitrogen and oxygen atoms in total. The van der Waals surface area contributed by atoms with Gasteiger partial charge >= 0.3 is 0 Å². The molecule has 0 bridgehead atoms. The van der Waals surface area contributed by atoms with Crippen LogP contribution in [0.3, 0.4) is 0 Å². The smallest absolute Gasteiger partial charge is 0.254 e. The van der Waals surface area contributed by atoms with Gasteiger partial charge in [-0.25, -0.2) is 4.98 Å². The first kappa shape index (κ1) is 22.2. The highest BCUT2D eigenvalue weighted by molar-refractivity contribution is 7.13. The topological polar surface area (TPSA) is 80.8 Å². The lowest BCUT2D eigenvalue weighted by Crippen LogP contribution is -2.42. The number of carbonyl (C=O) groups excluding carboxylic acids is 2. The Morgan fingerprint density at radius 3 is 2.77 bits per heavy atom. The minimum Gasteiger partial charge on any atom is -0.494 e. The van der Waals surface area contributed by atoms with Crippen molar-refractivity contribution in [3.8, 4) is 5.75 Å². The van der Waals surface area contributed by atoms with Crippen molar-refractivity contribution in [2.75, 3.05) is 31.6 Å². The third-order valence-electron chi connectivity index (χ3n) is 4.80. The molecule has 8 heteroatoms. The lowest BCUT2D eigenvalue weighted by Gasteiger charge is -2.25. The highest BCUT2D eigenvalue weighted by Gasteiger charge is 2.25. The lowest BCUT2D eigenvalue weighted by molar-refractivity contribution is -0.117. The molecule has 1 unspecified atom stereocenters. The summed E-state index contributed by atoms with van der Waals surface area (Å²) >= 11 is 1.37. The molecule has 3 rings (SSSR count). The van der Waals surface area contributed by atoms with E-state index in [1.54, 1.807) is 29.2 Å². The van der Waals surface area contributed by atoms with Crippen molar-refractivity contribution >= 4 is 28.3 Å². The zero-order valence-electron chi connectivity index (χ0n) is 17.6. The van der Waals surface area contributed by atoms with Crippen molar-refractivity contribution in [3.05, 3.63) is 40.9 Å². The molecular formula is C22H29N3O4S. The van der Waals surface area contributed by atoms with E-state index in [1.807, 2.05) is 12.3 Å². The molecule has 1 atom stereocenters. The molecule has 1 saturated heterocycles. The van der Waals surface area contributed by atoms with Gasteiger partial charge in [0, 0.05) is 24.1 Å². The van der Waals surface area contributed by atoms with Gasteiger partial charge in [-0.05, 0) is 50.5 Å². The summed E-state index contributed by atoms with van der Waals surface area (Å²) in [6.07, 6.45) is 3.88. The van der Waals surface area contributed by atoms with E-state index in [9.17, 15) is 9.59 Å². The molecule has 1 N–H and O–H groups in total. The number of nitrogens with zero attached hydrogens (tertiary/aromatic N) is 2. The second-order valence-electron chi connectivity index (χ2n) is 7.39. The molecule has 1 aromatic heterocycles. The van der Waals surface area contributed by atoms with Crippen LogP contribution >= 0.6 is 11.3 Å². The summed E-state index contributed by atoms with van der Waals surface area (Å²) in [4.78, 5) is 31.5. The molecule has 2 heterocycles. The number of rotatable bonds is 10. The Balaban J connectivity index is 1.65. The summed E-state index contributed by atoms with van der Waals surface area (Å²) in [6, 6.07) is 7.08. The predicted octanol–water partition coefficient (Wildman–Crippen LogP) is 3.89. The van der Waals surface area contributed by atoms with Gasteiger partial charge in [0.15, 0.2) is 5.13 Å². The maximum absolute atomic E-state index is 13.1. The van der Waals surface area contributed by atoms with Crippen molar-refractivity contribution in [1.82, 2.24) is 9.88 Å². The predicted molar refractivity (Wildman–Crippen MR) is 117 cm³/mol. The highest BCUT2D eigenvalue weighted by atomic mass is 32.1. The van der Waals surface area contributed by atoms with Crippen molar-refractivity contribution in [2.24, 2.45) is 0 Å². The van der Waals surface area contributed by atoms with Crippen LogP contribution in [-0.2, 0) is 9.53 Å². The number of aromatic nitrogens is 1. The van der Waals surface area contributed by atoms with Gasteiger partial charge in [-0.1, -0.05) is 13.3 Å². The fraction of sp³-hybridized carbons (Fsp3) is 0.500. The van der Waals surface area contributed by atoms with E-state index in [0.29, 0.717) is 30.5 Å². The fourth-order valence-corrected chi connectivity index (χ4v) is 3.91. The zero-order chi connectivity index (χ0) is 21.3. The van der Waals surface area contributed by atoms with Crippen molar-refractivity contribution in [1.29, 1.82) is 0 Å². The second-order valence-corrected chi connectivity index (χ2v) is 8.25. The number of ether oxygens (including phenoxy) is 2. The minimum absolute atomic E-state index is 0.0412. The first-order valence-corrected chi connectivity index (χ1v) is 11.3. The van der Waals surface area contributed by atoms with Crippen molar-refractivity contribution in [3.63, 3.8) is 0 Å². The monoisotopic (exact) mass is 431 g/mol. The van der Waals surface area contributed by atoms with Crippen LogP contribution in [0.1, 0.15) is 48.7 Å². The number of nitrogens with one attached hydrogen (secondary N) is 1. The molecular weight excluding hydrogens is 402 g/mol. The zero-order valence-corrected chi connectivity index (χ0v) is 18.4. The Hall–Kier alpha value is -2.45. The SMILES string of the molecule is CCCCOc1ccc(C(=O)N(CC(=O)Nc2nc(C)cs2)CC2CCCO2)cc1. The van der Waals surface area contributed by atoms with E-state index < -0.39 is 0 Å². The van der Waals surface area contributed by atoms with E-state index >= 15 is 0 Å². The summed E-state index contributed by atoms with van der Waals surface area (Å²) in [6.45, 7) is 5.67. The molecule has 30 heavy (non-hydrogen) atoms. The summed E-state index contributed by atoms with van der Waals surface area (Å²) < 4.78 is 11.4. The lowest BCUT2D eigenvalue weighted by atomic mass is 10.1. The summed E-state index contributed by atoms with van der Waals surface area (Å²) in [7, 11) is 0. The van der Waals surface area contributed by atoms with E-state index in [-0.39, 0.29) is 24.5 Å². The summed E-state index contributed by atoms with van der Waals surface area (Å²) in [5, 5.41) is 5.18. The van der Waals surface area contributed by atoms with Gasteiger partial charge < -0.3 is 19.7 Å². The number of benzene rings is 1. The highest BCUT2D eigenvalue weighted by Crippen LogP contribution is 2.18. The number of amides is 2. The molecule has 1 aliphatic rings. The Bertz CT molecular complexity index is 831. The van der Waals surface area contributed by atoms with Crippen molar-refractivity contribution < 1.29 is 19.1 Å². The molecule has 1 aromatic carbocycles. The maximum atomic E-state index is 13.1. The molecule has 0 spiro atoms. The van der Waals surface area contributed by atoms with Crippen LogP contribution in [0.2, 0.25) is 0 Å². The quantitative estimate of drug-likeness (QED) is 0.577. The molecule has 162 valence electrons. The van der Waals surface area contributed by atoms with Crippen LogP contribution in [0.15, 0.2) is 29.6 Å². The van der Waals surface area contributed by atoms with Crippen LogP contribution in [-0.4, -0.2) is 54.1 Å². The second kappa shape index (κ2) is 11.1. The van der Waals surface area contributed by atoms with Crippen LogP contribution in [0.25, 0.3) is 0 Å². The Morgan fingerprint density at radius 2 is 2.13 bits per heavy atom. The van der Waals surface area contributed by atoms with Gasteiger partial charge in [-0.2, -0.15) is 0 Å². The Kier molecular flexibility index (Phi) is 8.21. The Labute approximate surface area is 181 Å². The molecule has 2 aromatic rings. The molecule has 0 radical (unpaired) electrons. The number of thiazole rings is 1. The number of carbonyl (C=O) groups is 2. The van der Waals surface area contributed by atoms with E-state index in [2.05, 4.69) is 17.2 Å². The fourth-order valence-electron chi connectivity index (χ4n) is 3.21. The van der Waals surface area contributed by atoms with Gasteiger partial charge in [0.2, 0.25) is 5.91 Å². The standard InChI is InChI=1S/C22H29N3O4S/c1-3-4-11-28-18-9-7-17(8-10-18)21(27)25(13-19-6-5-12-29-19)14-20(26)24-22-23-16(2)15-30-22/h7-10,15,19H,3-6,11-14H2,1-2H3,(H,23,24,26). The number of hydrogen-bond acceptors (Lipinski definition) is 6. The number of unbranched alkanes of at least 4 members (excludes halogenated alkanes) is 1. The average molecular weight is 432 g/mol. The number of anilines is 1. The third-order valence-corrected chi connectivity index (χ3v) is 5.68. The molecule has 0 saturated carbocycles. The third kappa shape index (κ3) is 6.53. The van der Waals surface area contributed by atoms with E-state index in [0.717, 1.165) is 37.1 Å². The van der Waals surface area contributed by atoms with E-state index in [1.165, 1.54) is 11.3 Å². The van der Waals surface area contributed by atoms with Gasteiger partial charge in [0.1, 0.15) is 12.3 Å². The summed E-state index contributed by atoms with van der Waals surface area (Å²) in [5.74, 6) is 0.272. The van der Waals surface area contributed by atoms with E-state index in [4.69, 9.17) is 9.47 Å². The number of hydrogen-bond donors (Lipinski definition) is 1. The normalized spacial score (nSPS) is 15.7. The average Bonchev–Trinajstić information content (AvgIpc) is 3.39. The van der Waals surface area contributed by atoms with Crippen LogP contribution in [0.4, 0.5) is 5.13 Å². The van der Waals surface area contributed by atoms with Crippen LogP contribution in [0.5, 0.6) is 5.75 Å². The summed E-state index contributed by atoms with van der Waals surface area (Å²) in [5.41, 5.74) is 1.37. The molecule has 1 fully saturated rings. The maximum Gasteiger partial charge on any atom is 0.254 e. The molecule has 1 aliphatic heterocycles. The van der Waals surface area contributed by atoms with Gasteiger partial charge in [-0.3, -0.25) is 9.59 Å². The largest absolute Gasteiger partial charge is 0.494 e. The number of aryl methyl sites for hydroxylation is 1. The van der Waals surface area contributed by atoms with Gasteiger partial charge in [0.05, 0.1) is 18.4 Å². The first-order valence-electron chi connectivity index (χ1n) is 10.4. The van der Waals surface area contributed by atoms with Crippen LogP contribution in [0, 0.1) is 6.92 Å². The van der Waals surface area contributed by atoms with Crippen molar-refractivity contribution in [2.45, 2.75) is 45.6 Å². The van der Waals surface area contributed by atoms with Gasteiger partial charge in [0.25, 0.3) is 5.91 Å².